The largest absolute Gasteiger partial charge is 0.481 e. The lowest BCUT2D eigenvalue weighted by Crippen LogP contribution is -2.39. The van der Waals surface area contributed by atoms with Crippen molar-refractivity contribution in [3.63, 3.8) is 0 Å². The number of β-amino-alcohol motifs (C(OH)–C–C–N with tert-alkyl or cyclic N) is 1. The molecule has 3 rings (SSSR count). The molecule has 0 saturated carbocycles. The zero-order valence-corrected chi connectivity index (χ0v) is 21.0. The number of rotatable bonds is 12. The molecule has 35 heavy (non-hydrogen) atoms. The molecule has 5 nitrogen and oxygen atoms in total. The Morgan fingerprint density at radius 3 is 2.74 bits per heavy atom. The first-order valence-electron chi connectivity index (χ1n) is 12.2. The highest BCUT2D eigenvalue weighted by Gasteiger charge is 2.27. The van der Waals surface area contributed by atoms with Crippen molar-refractivity contribution in [1.82, 2.24) is 4.90 Å². The molecule has 192 valence electrons. The van der Waals surface area contributed by atoms with Crippen molar-refractivity contribution in [2.24, 2.45) is 0 Å². The van der Waals surface area contributed by atoms with Crippen molar-refractivity contribution >= 4 is 17.6 Å². The molecule has 0 aromatic heterocycles. The first-order valence-corrected chi connectivity index (χ1v) is 12.5. The number of ether oxygens (including phenoxy) is 1. The first-order chi connectivity index (χ1) is 16.7. The zero-order chi connectivity index (χ0) is 25.5. The zero-order valence-electron chi connectivity index (χ0n) is 20.3. The van der Waals surface area contributed by atoms with Crippen LogP contribution in [0.15, 0.2) is 30.3 Å². The van der Waals surface area contributed by atoms with Gasteiger partial charge >= 0.3 is 5.97 Å². The maximum absolute atomic E-state index is 14.4. The van der Waals surface area contributed by atoms with E-state index in [0.717, 1.165) is 48.0 Å². The van der Waals surface area contributed by atoms with Gasteiger partial charge in [-0.2, -0.15) is 0 Å². The second-order valence-corrected chi connectivity index (χ2v) is 9.72. The summed E-state index contributed by atoms with van der Waals surface area (Å²) in [7, 11) is 0. The average Bonchev–Trinajstić information content (AvgIpc) is 3.22. The second kappa shape index (κ2) is 12.8. The van der Waals surface area contributed by atoms with Crippen LogP contribution in [0.1, 0.15) is 61.0 Å². The van der Waals surface area contributed by atoms with Gasteiger partial charge in [-0.05, 0) is 80.0 Å². The fourth-order valence-electron chi connectivity index (χ4n) is 4.79. The van der Waals surface area contributed by atoms with Gasteiger partial charge in [0.1, 0.15) is 11.6 Å². The topological polar surface area (TPSA) is 70.0 Å². The van der Waals surface area contributed by atoms with Gasteiger partial charge in [-0.25, -0.2) is 8.78 Å². The third kappa shape index (κ3) is 7.71. The number of nitrogens with zero attached hydrogens (tertiary/aromatic N) is 1. The van der Waals surface area contributed by atoms with Gasteiger partial charge < -0.3 is 14.9 Å². The first kappa shape index (κ1) is 27.5. The molecule has 1 heterocycles. The maximum Gasteiger partial charge on any atom is 0.303 e. The van der Waals surface area contributed by atoms with Gasteiger partial charge in [0, 0.05) is 30.1 Å². The van der Waals surface area contributed by atoms with E-state index in [4.69, 9.17) is 21.4 Å². The molecule has 0 amide bonds. The van der Waals surface area contributed by atoms with E-state index in [9.17, 15) is 18.7 Å². The van der Waals surface area contributed by atoms with Crippen molar-refractivity contribution in [2.45, 2.75) is 70.6 Å². The molecule has 1 saturated heterocycles. The molecule has 0 aliphatic carbocycles. The molecule has 0 radical (unpaired) electrons. The van der Waals surface area contributed by atoms with Gasteiger partial charge in [-0.1, -0.05) is 30.7 Å². The summed E-state index contributed by atoms with van der Waals surface area (Å²) in [6, 6.07) is 8.36. The predicted octanol–water partition coefficient (Wildman–Crippen LogP) is 5.48. The summed E-state index contributed by atoms with van der Waals surface area (Å²) in [6.45, 7) is 5.12. The molecule has 0 spiro atoms. The summed E-state index contributed by atoms with van der Waals surface area (Å²) in [5.41, 5.74) is 2.65. The third-order valence-corrected chi connectivity index (χ3v) is 7.05. The van der Waals surface area contributed by atoms with Crippen LogP contribution in [0, 0.1) is 18.6 Å². The number of likely N-dealkylation sites (tertiary alicyclic amines) is 1. The lowest BCUT2D eigenvalue weighted by molar-refractivity contribution is -0.136. The fourth-order valence-corrected chi connectivity index (χ4v) is 4.99. The Morgan fingerprint density at radius 1 is 1.29 bits per heavy atom. The number of aliphatic hydroxyl groups is 1. The number of carboxylic acid groups (broad SMARTS) is 1. The number of hydrogen-bond acceptors (Lipinski definition) is 4. The molecule has 2 aromatic carbocycles. The van der Waals surface area contributed by atoms with Crippen LogP contribution in [0.3, 0.4) is 0 Å². The number of hydrogen-bond donors (Lipinski definition) is 2. The van der Waals surface area contributed by atoms with E-state index in [2.05, 4.69) is 11.0 Å². The van der Waals surface area contributed by atoms with Gasteiger partial charge in [0.15, 0.2) is 0 Å². The van der Waals surface area contributed by atoms with Crippen LogP contribution in [-0.2, 0) is 22.4 Å². The minimum absolute atomic E-state index is 0.00852. The molecule has 2 N–H and O–H groups in total. The molecule has 0 unspecified atom stereocenters. The quantitative estimate of drug-likeness (QED) is 0.396. The Kier molecular flexibility index (Phi) is 10.0. The van der Waals surface area contributed by atoms with Crippen LogP contribution >= 0.6 is 11.6 Å². The number of benzene rings is 2. The number of aliphatic carboxylic acids is 1. The highest BCUT2D eigenvalue weighted by Crippen LogP contribution is 2.29. The molecule has 1 aliphatic rings. The highest BCUT2D eigenvalue weighted by atomic mass is 35.5. The Bertz CT molecular complexity index is 1020. The van der Waals surface area contributed by atoms with E-state index in [1.54, 1.807) is 0 Å². The molecule has 3 atom stereocenters. The van der Waals surface area contributed by atoms with Crippen molar-refractivity contribution in [2.75, 3.05) is 19.7 Å². The number of aliphatic hydroxyl groups excluding tert-OH is 1. The minimum Gasteiger partial charge on any atom is -0.481 e. The molecule has 1 fully saturated rings. The van der Waals surface area contributed by atoms with Crippen LogP contribution in [-0.4, -0.2) is 52.9 Å². The number of aryl methyl sites for hydroxylation is 1. The van der Waals surface area contributed by atoms with Crippen LogP contribution in [0.4, 0.5) is 8.78 Å². The van der Waals surface area contributed by atoms with Gasteiger partial charge in [0.25, 0.3) is 0 Å². The standard InChI is InChI=1S/C27H34ClF2NO4/c1-3-26(23-13-19(29)14-25(30)22(23)8-9-27(33)34)35-16-21(32)15-31-10-4-5-20(31)11-18-7-6-17(2)24(28)12-18/h6-7,12-14,20-21,26,32H,3-5,8-11,15-16H2,1-2H3,(H,33,34)/t20-,21+,26+/m0/s1. The van der Waals surface area contributed by atoms with Crippen LogP contribution in [0.5, 0.6) is 0 Å². The lowest BCUT2D eigenvalue weighted by Gasteiger charge is -2.28. The summed E-state index contributed by atoms with van der Waals surface area (Å²) in [4.78, 5) is 13.2. The summed E-state index contributed by atoms with van der Waals surface area (Å²) in [5.74, 6) is -2.58. The Balaban J connectivity index is 1.61. The normalized spacial score (nSPS) is 18.1. The summed E-state index contributed by atoms with van der Waals surface area (Å²) in [5, 5.41) is 20.4. The minimum atomic E-state index is -1.06. The Hall–Kier alpha value is -2.06. The molecular weight excluding hydrogens is 476 g/mol. The van der Waals surface area contributed by atoms with Crippen molar-refractivity contribution < 1.29 is 28.5 Å². The van der Waals surface area contributed by atoms with E-state index in [0.29, 0.717) is 24.6 Å². The number of halogens is 3. The lowest BCUT2D eigenvalue weighted by atomic mass is 9.96. The predicted molar refractivity (Wildman–Crippen MR) is 132 cm³/mol. The van der Waals surface area contributed by atoms with Gasteiger partial charge in [0.05, 0.1) is 18.8 Å². The number of carbonyl (C=O) groups is 1. The smallest absolute Gasteiger partial charge is 0.303 e. The summed E-state index contributed by atoms with van der Waals surface area (Å²) >= 11 is 6.27. The molecule has 2 aromatic rings. The average molecular weight is 510 g/mol. The van der Waals surface area contributed by atoms with E-state index in [-0.39, 0.29) is 25.0 Å². The Labute approximate surface area is 210 Å². The van der Waals surface area contributed by atoms with Gasteiger partial charge in [0.2, 0.25) is 0 Å². The SMILES string of the molecule is CC[C@@H](OC[C@H](O)CN1CCC[C@H]1Cc1ccc(C)c(Cl)c1)c1cc(F)cc(F)c1CCC(=O)O. The van der Waals surface area contributed by atoms with E-state index >= 15 is 0 Å². The second-order valence-electron chi connectivity index (χ2n) is 9.31. The molecular formula is C27H34ClF2NO4. The fraction of sp³-hybridized carbons (Fsp3) is 0.519. The maximum atomic E-state index is 14.4. The molecule has 8 heteroatoms. The van der Waals surface area contributed by atoms with E-state index < -0.39 is 29.8 Å². The van der Waals surface area contributed by atoms with E-state index in [1.165, 1.54) is 6.07 Å². The summed E-state index contributed by atoms with van der Waals surface area (Å²) in [6.07, 6.45) is 1.61. The van der Waals surface area contributed by atoms with Crippen LogP contribution in [0.25, 0.3) is 0 Å². The summed E-state index contributed by atoms with van der Waals surface area (Å²) < 4.78 is 34.3. The van der Waals surface area contributed by atoms with Crippen molar-refractivity contribution in [3.05, 3.63) is 69.2 Å². The third-order valence-electron chi connectivity index (χ3n) is 6.64. The van der Waals surface area contributed by atoms with Crippen LogP contribution < -0.4 is 0 Å². The van der Waals surface area contributed by atoms with Crippen molar-refractivity contribution in [1.29, 1.82) is 0 Å². The van der Waals surface area contributed by atoms with E-state index in [1.807, 2.05) is 26.0 Å². The van der Waals surface area contributed by atoms with Crippen LogP contribution in [0.2, 0.25) is 5.02 Å². The number of carboxylic acids is 1. The molecule has 0 bridgehead atoms. The molecule has 1 aliphatic heterocycles. The Morgan fingerprint density at radius 2 is 2.06 bits per heavy atom. The highest BCUT2D eigenvalue weighted by molar-refractivity contribution is 6.31. The van der Waals surface area contributed by atoms with Gasteiger partial charge in [-0.3, -0.25) is 9.69 Å². The van der Waals surface area contributed by atoms with Crippen molar-refractivity contribution in [3.8, 4) is 0 Å². The monoisotopic (exact) mass is 509 g/mol. The van der Waals surface area contributed by atoms with Gasteiger partial charge in [-0.15, -0.1) is 0 Å².